The summed E-state index contributed by atoms with van der Waals surface area (Å²) in [5, 5.41) is 3.55. The molecule has 222 valence electrons. The van der Waals surface area contributed by atoms with Crippen molar-refractivity contribution < 1.29 is 49.0 Å². The number of carbonyl (C=O) groups is 1. The van der Waals surface area contributed by atoms with Crippen LogP contribution in [0.3, 0.4) is 0 Å². The predicted molar refractivity (Wildman–Crippen MR) is 132 cm³/mol. The average molecular weight is 600 g/mol. The summed E-state index contributed by atoms with van der Waals surface area (Å²) in [5.41, 5.74) is -3.73. The number of nitrogens with zero attached hydrogens (tertiary/aromatic N) is 2. The summed E-state index contributed by atoms with van der Waals surface area (Å²) in [6, 6.07) is 14.5. The number of hydrogen-bond acceptors (Lipinski definition) is 3. The van der Waals surface area contributed by atoms with Crippen LogP contribution >= 0.6 is 0 Å². The number of rotatable bonds is 10. The molecule has 4 rings (SSSR count). The molecule has 0 N–H and O–H groups in total. The average Bonchev–Trinajstić information content (AvgIpc) is 3.31. The highest BCUT2D eigenvalue weighted by Gasteiger charge is 2.46. The fraction of sp³-hybridized carbons (Fsp3) is 0.241. The SMILES string of the molecule is Cn1ncc(C(=O)C[C@](Cc2ccccc2)(c2ccc(F)cc2)c2cc(F)cc(OC(F)(F)C(F)F)c2)c1C(F)(F)F. The maximum atomic E-state index is 14.9. The van der Waals surface area contributed by atoms with Crippen molar-refractivity contribution in [2.24, 2.45) is 7.05 Å². The van der Waals surface area contributed by atoms with Crippen molar-refractivity contribution in [1.82, 2.24) is 9.78 Å². The minimum atomic E-state index is -5.02. The van der Waals surface area contributed by atoms with Crippen molar-refractivity contribution in [2.75, 3.05) is 0 Å². The van der Waals surface area contributed by atoms with Gasteiger partial charge in [0.1, 0.15) is 17.4 Å². The van der Waals surface area contributed by atoms with Crippen molar-refractivity contribution >= 4 is 5.78 Å². The molecule has 4 aromatic rings. The van der Waals surface area contributed by atoms with E-state index in [2.05, 4.69) is 9.84 Å². The van der Waals surface area contributed by atoms with E-state index in [0.29, 0.717) is 22.5 Å². The Hall–Kier alpha value is -4.29. The van der Waals surface area contributed by atoms with Crippen LogP contribution in [0.1, 0.15) is 39.2 Å². The van der Waals surface area contributed by atoms with E-state index < -0.39 is 65.0 Å². The summed E-state index contributed by atoms with van der Waals surface area (Å²) in [7, 11) is 0.982. The van der Waals surface area contributed by atoms with Gasteiger partial charge in [0.25, 0.3) is 0 Å². The van der Waals surface area contributed by atoms with Crippen LogP contribution in [0, 0.1) is 11.6 Å². The quantitative estimate of drug-likeness (QED) is 0.138. The number of alkyl halides is 7. The van der Waals surface area contributed by atoms with Gasteiger partial charge in [-0.3, -0.25) is 9.48 Å². The number of Topliss-reactive ketones (excluding diaryl/α,β-unsaturated/α-hetero) is 1. The van der Waals surface area contributed by atoms with Gasteiger partial charge in [-0.2, -0.15) is 35.8 Å². The Bertz CT molecular complexity index is 1550. The lowest BCUT2D eigenvalue weighted by Gasteiger charge is -2.35. The van der Waals surface area contributed by atoms with Crippen LogP contribution in [0.5, 0.6) is 5.75 Å². The fourth-order valence-electron chi connectivity index (χ4n) is 4.80. The highest BCUT2D eigenvalue weighted by atomic mass is 19.4. The summed E-state index contributed by atoms with van der Waals surface area (Å²) in [6.07, 6.45) is -14.6. The summed E-state index contributed by atoms with van der Waals surface area (Å²) >= 11 is 0. The zero-order chi connectivity index (χ0) is 30.9. The first-order chi connectivity index (χ1) is 19.6. The second-order valence-electron chi connectivity index (χ2n) is 9.52. The van der Waals surface area contributed by atoms with Crippen molar-refractivity contribution in [1.29, 1.82) is 0 Å². The third kappa shape index (κ3) is 6.44. The Kier molecular flexibility index (Phi) is 8.42. The molecular weight excluding hydrogens is 579 g/mol. The van der Waals surface area contributed by atoms with Gasteiger partial charge in [-0.1, -0.05) is 42.5 Å². The summed E-state index contributed by atoms with van der Waals surface area (Å²) in [5.74, 6) is -4.08. The number of hydrogen-bond donors (Lipinski definition) is 0. The molecule has 1 atom stereocenters. The topological polar surface area (TPSA) is 44.1 Å². The molecule has 1 aromatic heterocycles. The lowest BCUT2D eigenvalue weighted by Crippen LogP contribution is -2.35. The maximum Gasteiger partial charge on any atom is 0.461 e. The van der Waals surface area contributed by atoms with Crippen LogP contribution in [0.4, 0.5) is 39.5 Å². The fourth-order valence-corrected chi connectivity index (χ4v) is 4.80. The van der Waals surface area contributed by atoms with E-state index in [4.69, 9.17) is 0 Å². The van der Waals surface area contributed by atoms with E-state index in [9.17, 15) is 44.3 Å². The molecule has 0 aliphatic rings. The van der Waals surface area contributed by atoms with Crippen LogP contribution in [0.15, 0.2) is 79.0 Å². The zero-order valence-electron chi connectivity index (χ0n) is 21.6. The Morgan fingerprint density at radius 3 is 2.12 bits per heavy atom. The van der Waals surface area contributed by atoms with E-state index >= 15 is 0 Å². The summed E-state index contributed by atoms with van der Waals surface area (Å²) < 4.78 is 128. The number of aryl methyl sites for hydroxylation is 1. The molecule has 0 radical (unpaired) electrons. The minimum absolute atomic E-state index is 0.0933. The minimum Gasteiger partial charge on any atom is -0.428 e. The molecular formula is C29H21F9N2O2. The second-order valence-corrected chi connectivity index (χ2v) is 9.52. The monoisotopic (exact) mass is 600 g/mol. The first kappa shape index (κ1) is 30.7. The normalized spacial score (nSPS) is 13.7. The Morgan fingerprint density at radius 1 is 0.881 bits per heavy atom. The standard InChI is InChI=1S/C29H21F9N2O2/c1-40-25(28(34,35)36)23(16-39-40)24(41)15-27(14-17-5-3-2-4-6-17,18-7-9-20(30)10-8-18)19-11-21(31)13-22(12-19)42-29(37,38)26(32)33/h2-13,16,26H,14-15H2,1H3/t27-/m1/s1. The van der Waals surface area contributed by atoms with Crippen LogP contribution in [0.25, 0.3) is 0 Å². The molecule has 1 heterocycles. The Balaban J connectivity index is 1.97. The maximum absolute atomic E-state index is 14.9. The molecule has 0 aliphatic carbocycles. The van der Waals surface area contributed by atoms with Gasteiger partial charge in [0, 0.05) is 24.9 Å². The molecule has 0 saturated heterocycles. The smallest absolute Gasteiger partial charge is 0.428 e. The Morgan fingerprint density at radius 2 is 1.52 bits per heavy atom. The Labute approximate surface area is 233 Å². The molecule has 0 aliphatic heterocycles. The van der Waals surface area contributed by atoms with Gasteiger partial charge in [0.05, 0.1) is 11.8 Å². The largest absolute Gasteiger partial charge is 0.461 e. The van der Waals surface area contributed by atoms with Gasteiger partial charge in [-0.05, 0) is 47.4 Å². The highest BCUT2D eigenvalue weighted by Crippen LogP contribution is 2.43. The second kappa shape index (κ2) is 11.5. The number of halogens is 9. The lowest BCUT2D eigenvalue weighted by atomic mass is 9.67. The van der Waals surface area contributed by atoms with Crippen LogP contribution in [-0.2, 0) is 25.1 Å². The highest BCUT2D eigenvalue weighted by molar-refractivity contribution is 5.98. The number of ether oxygens (including phenoxy) is 1. The number of aromatic nitrogens is 2. The van der Waals surface area contributed by atoms with Gasteiger partial charge in [-0.15, -0.1) is 0 Å². The molecule has 4 nitrogen and oxygen atoms in total. The lowest BCUT2D eigenvalue weighted by molar-refractivity contribution is -0.253. The van der Waals surface area contributed by atoms with Crippen molar-refractivity contribution in [3.8, 4) is 5.75 Å². The van der Waals surface area contributed by atoms with E-state index in [1.54, 1.807) is 30.3 Å². The molecule has 3 aromatic carbocycles. The first-order valence-corrected chi connectivity index (χ1v) is 12.2. The van der Waals surface area contributed by atoms with E-state index in [-0.39, 0.29) is 17.5 Å². The first-order valence-electron chi connectivity index (χ1n) is 12.2. The summed E-state index contributed by atoms with van der Waals surface area (Å²) in [4.78, 5) is 13.7. The van der Waals surface area contributed by atoms with Crippen LogP contribution < -0.4 is 4.74 Å². The van der Waals surface area contributed by atoms with Gasteiger partial charge in [0.15, 0.2) is 11.5 Å². The van der Waals surface area contributed by atoms with Crippen molar-refractivity contribution in [3.63, 3.8) is 0 Å². The van der Waals surface area contributed by atoms with E-state index in [1.807, 2.05) is 0 Å². The van der Waals surface area contributed by atoms with Crippen molar-refractivity contribution in [2.45, 2.75) is 37.0 Å². The molecule has 0 saturated carbocycles. The molecule has 0 bridgehead atoms. The van der Waals surface area contributed by atoms with Crippen molar-refractivity contribution in [3.05, 3.63) is 119 Å². The third-order valence-electron chi connectivity index (χ3n) is 6.65. The molecule has 0 unspecified atom stereocenters. The molecule has 42 heavy (non-hydrogen) atoms. The number of benzene rings is 3. The summed E-state index contributed by atoms with van der Waals surface area (Å²) in [6.45, 7) is 0. The van der Waals surface area contributed by atoms with Crippen LogP contribution in [0.2, 0.25) is 0 Å². The molecule has 0 amide bonds. The number of carbonyl (C=O) groups excluding carboxylic acids is 1. The molecule has 0 spiro atoms. The van der Waals surface area contributed by atoms with Gasteiger partial charge >= 0.3 is 18.7 Å². The molecule has 0 fully saturated rings. The van der Waals surface area contributed by atoms with Crippen LogP contribution in [-0.4, -0.2) is 28.1 Å². The van der Waals surface area contributed by atoms with E-state index in [1.165, 1.54) is 12.1 Å². The third-order valence-corrected chi connectivity index (χ3v) is 6.65. The number of ketones is 1. The van der Waals surface area contributed by atoms with E-state index in [0.717, 1.165) is 31.3 Å². The van der Waals surface area contributed by atoms with Gasteiger partial charge in [0.2, 0.25) is 0 Å². The predicted octanol–water partition coefficient (Wildman–Crippen LogP) is 7.76. The molecule has 13 heteroatoms. The van der Waals surface area contributed by atoms with Gasteiger partial charge < -0.3 is 4.74 Å². The zero-order valence-corrected chi connectivity index (χ0v) is 21.6. The van der Waals surface area contributed by atoms with Gasteiger partial charge in [-0.25, -0.2) is 8.78 Å².